The number of benzene rings is 2. The molecular formula is C45H72O6. The van der Waals surface area contributed by atoms with Crippen molar-refractivity contribution in [2.75, 3.05) is 26.4 Å². The first-order valence-electron chi connectivity index (χ1n) is 19.8. The highest BCUT2D eigenvalue weighted by Gasteiger charge is 2.38. The lowest BCUT2D eigenvalue weighted by Gasteiger charge is -2.39. The minimum absolute atomic E-state index is 0.122. The summed E-state index contributed by atoms with van der Waals surface area (Å²) >= 11 is 0. The highest BCUT2D eigenvalue weighted by Crippen LogP contribution is 2.50. The Bertz CT molecular complexity index is 1290. The minimum Gasteiger partial charge on any atom is -0.465 e. The lowest BCUT2D eigenvalue weighted by molar-refractivity contribution is -0.0727. The van der Waals surface area contributed by atoms with Crippen LogP contribution >= 0.6 is 0 Å². The molecule has 2 saturated heterocycles. The molecule has 6 nitrogen and oxygen atoms in total. The van der Waals surface area contributed by atoms with Gasteiger partial charge in [-0.2, -0.15) is 0 Å². The third kappa shape index (κ3) is 9.71. The van der Waals surface area contributed by atoms with Crippen molar-refractivity contribution >= 4 is 0 Å². The molecule has 288 valence electrons. The van der Waals surface area contributed by atoms with Crippen LogP contribution < -0.4 is 9.47 Å². The van der Waals surface area contributed by atoms with Gasteiger partial charge in [0, 0.05) is 27.7 Å². The quantitative estimate of drug-likeness (QED) is 0.101. The van der Waals surface area contributed by atoms with Crippen molar-refractivity contribution in [3.05, 3.63) is 57.6 Å². The third-order valence-electron chi connectivity index (χ3n) is 12.5. The first kappa shape index (κ1) is 41.6. The number of hydrogen-bond donors (Lipinski definition) is 0. The van der Waals surface area contributed by atoms with E-state index in [-0.39, 0.29) is 51.9 Å². The average Bonchev–Trinajstić information content (AvgIpc) is 4.02. The predicted octanol–water partition coefficient (Wildman–Crippen LogP) is 11.0. The van der Waals surface area contributed by atoms with Gasteiger partial charge in [0.05, 0.1) is 26.4 Å². The van der Waals surface area contributed by atoms with E-state index in [2.05, 4.69) is 121 Å². The molecule has 0 saturated carbocycles. The Morgan fingerprint density at radius 1 is 0.529 bits per heavy atom. The summed E-state index contributed by atoms with van der Waals surface area (Å²) in [6, 6.07) is 9.72. The van der Waals surface area contributed by atoms with E-state index in [1.807, 2.05) is 13.8 Å². The molecule has 2 aliphatic heterocycles. The number of epoxide rings is 2. The molecule has 0 spiro atoms. The summed E-state index contributed by atoms with van der Waals surface area (Å²) in [5, 5.41) is 0. The van der Waals surface area contributed by atoms with Crippen LogP contribution in [0.5, 0.6) is 11.5 Å². The van der Waals surface area contributed by atoms with Gasteiger partial charge >= 0.3 is 0 Å². The second-order valence-electron chi connectivity index (χ2n) is 18.3. The molecule has 51 heavy (non-hydrogen) atoms. The largest absolute Gasteiger partial charge is 0.465 e. The molecule has 4 unspecified atom stereocenters. The third-order valence-corrected chi connectivity index (χ3v) is 12.5. The van der Waals surface area contributed by atoms with E-state index in [4.69, 9.17) is 28.4 Å². The molecule has 0 aromatic heterocycles. The van der Waals surface area contributed by atoms with Gasteiger partial charge < -0.3 is 28.4 Å². The Labute approximate surface area is 311 Å². The normalized spacial score (nSPS) is 19.5. The molecule has 2 aromatic rings. The lowest BCUT2D eigenvalue weighted by Crippen LogP contribution is -2.30. The zero-order chi connectivity index (χ0) is 38.2. The molecule has 0 aliphatic carbocycles. The van der Waals surface area contributed by atoms with Crippen molar-refractivity contribution in [1.29, 1.82) is 0 Å². The highest BCUT2D eigenvalue weighted by atomic mass is 16.7. The smallest absolute Gasteiger partial charge is 0.197 e. The number of hydrogen-bond acceptors (Lipinski definition) is 6. The van der Waals surface area contributed by atoms with Crippen molar-refractivity contribution in [1.82, 2.24) is 0 Å². The SMILES string of the molecule is CCC(C)(C)c1cc(C(C)(C)c2cc(C(C)(C)CC)c(OC(C)OCC3CO3)c(C(C)(C)CC)c2)cc(C(C)(C)CC)c1OC(C)OCC1CO1. The van der Waals surface area contributed by atoms with Crippen LogP contribution in [-0.2, 0) is 46.0 Å². The first-order valence-corrected chi connectivity index (χ1v) is 19.8. The zero-order valence-corrected chi connectivity index (χ0v) is 35.2. The maximum atomic E-state index is 6.84. The van der Waals surface area contributed by atoms with Gasteiger partial charge in [-0.25, -0.2) is 0 Å². The first-order chi connectivity index (χ1) is 23.6. The van der Waals surface area contributed by atoms with Crippen molar-refractivity contribution in [2.24, 2.45) is 0 Å². The van der Waals surface area contributed by atoms with Crippen molar-refractivity contribution in [3.8, 4) is 11.5 Å². The Balaban J connectivity index is 1.95. The summed E-state index contributed by atoms with van der Waals surface area (Å²) in [5.74, 6) is 1.93. The van der Waals surface area contributed by atoms with Gasteiger partial charge in [0.1, 0.15) is 23.7 Å². The number of rotatable bonds is 20. The summed E-state index contributed by atoms with van der Waals surface area (Å²) in [6.07, 6.45) is 3.51. The highest BCUT2D eigenvalue weighted by molar-refractivity contribution is 5.58. The molecule has 6 heteroatoms. The van der Waals surface area contributed by atoms with Crippen molar-refractivity contribution < 1.29 is 28.4 Å². The maximum Gasteiger partial charge on any atom is 0.197 e. The van der Waals surface area contributed by atoms with Crippen molar-refractivity contribution in [3.63, 3.8) is 0 Å². The molecule has 2 aliphatic rings. The van der Waals surface area contributed by atoms with Crippen LogP contribution in [-0.4, -0.2) is 51.2 Å². The van der Waals surface area contributed by atoms with E-state index in [9.17, 15) is 0 Å². The molecule has 2 aromatic carbocycles. The fraction of sp³-hybridized carbons (Fsp3) is 0.733. The topological polar surface area (TPSA) is 62.0 Å². The van der Waals surface area contributed by atoms with Crippen LogP contribution in [0.15, 0.2) is 24.3 Å². The molecule has 4 atom stereocenters. The van der Waals surface area contributed by atoms with Gasteiger partial charge in [0.2, 0.25) is 0 Å². The second kappa shape index (κ2) is 15.7. The summed E-state index contributed by atoms with van der Waals surface area (Å²) in [4.78, 5) is 0. The van der Waals surface area contributed by atoms with Crippen LogP contribution in [0.1, 0.15) is 170 Å². The molecule has 0 amide bonds. The van der Waals surface area contributed by atoms with Gasteiger partial charge in [0.25, 0.3) is 0 Å². The minimum atomic E-state index is -0.390. The fourth-order valence-corrected chi connectivity index (χ4v) is 6.39. The van der Waals surface area contributed by atoms with E-state index >= 15 is 0 Å². The lowest BCUT2D eigenvalue weighted by atomic mass is 9.68. The van der Waals surface area contributed by atoms with Crippen molar-refractivity contribution in [2.45, 2.75) is 188 Å². The van der Waals surface area contributed by atoms with Crippen LogP contribution in [0.2, 0.25) is 0 Å². The zero-order valence-electron chi connectivity index (χ0n) is 35.2. The van der Waals surface area contributed by atoms with E-state index in [0.717, 1.165) is 50.4 Å². The summed E-state index contributed by atoms with van der Waals surface area (Å²) in [6.45, 7) is 39.2. The van der Waals surface area contributed by atoms with Gasteiger partial charge in [-0.15, -0.1) is 0 Å². The van der Waals surface area contributed by atoms with Crippen LogP contribution in [0.25, 0.3) is 0 Å². The Kier molecular flexibility index (Phi) is 12.8. The van der Waals surface area contributed by atoms with Gasteiger partial charge in [-0.3, -0.25) is 0 Å². The molecule has 0 bridgehead atoms. The number of ether oxygens (including phenoxy) is 6. The van der Waals surface area contributed by atoms with E-state index < -0.39 is 0 Å². The van der Waals surface area contributed by atoms with Gasteiger partial charge in [0.15, 0.2) is 12.6 Å². The Morgan fingerprint density at radius 2 is 0.784 bits per heavy atom. The van der Waals surface area contributed by atoms with Crippen LogP contribution in [0.4, 0.5) is 0 Å². The van der Waals surface area contributed by atoms with Crippen LogP contribution in [0.3, 0.4) is 0 Å². The van der Waals surface area contributed by atoms with Gasteiger partial charge in [-0.1, -0.05) is 121 Å². The Morgan fingerprint density at radius 3 is 1.00 bits per heavy atom. The summed E-state index contributed by atoms with van der Waals surface area (Å²) in [5.41, 5.74) is 6.70. The average molecular weight is 709 g/mol. The molecule has 2 fully saturated rings. The van der Waals surface area contributed by atoms with E-state index in [1.54, 1.807) is 0 Å². The van der Waals surface area contributed by atoms with E-state index in [0.29, 0.717) is 13.2 Å². The molecule has 0 N–H and O–H groups in total. The fourth-order valence-electron chi connectivity index (χ4n) is 6.39. The monoisotopic (exact) mass is 709 g/mol. The molecule has 2 heterocycles. The second-order valence-corrected chi connectivity index (χ2v) is 18.3. The summed E-state index contributed by atoms with van der Waals surface area (Å²) in [7, 11) is 0. The van der Waals surface area contributed by atoms with E-state index in [1.165, 1.54) is 33.4 Å². The summed E-state index contributed by atoms with van der Waals surface area (Å²) < 4.78 is 36.8. The molecule has 0 radical (unpaired) electrons. The standard InChI is InChI=1S/C45H72O6/c1-17-41(7,8)35-21-31(22-36(42(9,10)18-2)39(35)50-29(5)46-25-33-27-48-33)45(15,16)32-23-37(43(11,12)19-3)40(38(24-32)44(13,14)20-4)51-30(6)47-26-34-28-49-34/h21-24,29-30,33-34H,17-20,25-28H2,1-16H3. The maximum absolute atomic E-state index is 6.84. The van der Waals surface area contributed by atoms with Crippen LogP contribution in [0, 0.1) is 0 Å². The molecule has 4 rings (SSSR count). The predicted molar refractivity (Wildman–Crippen MR) is 210 cm³/mol. The Hall–Kier alpha value is -2.12. The van der Waals surface area contributed by atoms with Gasteiger partial charge in [-0.05, 0) is 72.3 Å². The molecular weight excluding hydrogens is 636 g/mol.